The van der Waals surface area contributed by atoms with Crippen molar-refractivity contribution in [3.05, 3.63) is 41.7 Å². The van der Waals surface area contributed by atoms with Crippen molar-refractivity contribution in [3.8, 4) is 10.7 Å². The topological polar surface area (TPSA) is 77.2 Å². The molecule has 4 rings (SSSR count). The Balaban J connectivity index is 2.05. The van der Waals surface area contributed by atoms with Crippen molar-refractivity contribution in [1.29, 1.82) is 0 Å². The Labute approximate surface area is 174 Å². The SMILES string of the molecule is CCS(=O)(=O)c1c(-c2nc3cc(C(F)(F)F)cnc3s2)nc2cccc(C(F)(F)F)n12. The molecule has 4 heterocycles. The Morgan fingerprint density at radius 2 is 1.77 bits per heavy atom. The first kappa shape index (κ1) is 21.5. The van der Waals surface area contributed by atoms with E-state index >= 15 is 0 Å². The lowest BCUT2D eigenvalue weighted by molar-refractivity contribution is -0.142. The van der Waals surface area contributed by atoms with Crippen LogP contribution in [0.5, 0.6) is 0 Å². The normalized spacial score (nSPS) is 13.4. The van der Waals surface area contributed by atoms with Gasteiger partial charge in [-0.1, -0.05) is 24.3 Å². The third-order valence-corrected chi connectivity index (χ3v) is 7.06. The van der Waals surface area contributed by atoms with Crippen LogP contribution in [0.4, 0.5) is 26.3 Å². The van der Waals surface area contributed by atoms with Crippen LogP contribution in [0.25, 0.3) is 26.7 Å². The number of hydrogen-bond acceptors (Lipinski definition) is 6. The van der Waals surface area contributed by atoms with Gasteiger partial charge in [0.15, 0.2) is 14.9 Å². The summed E-state index contributed by atoms with van der Waals surface area (Å²) in [4.78, 5) is 11.7. The number of halogens is 6. The fourth-order valence-electron chi connectivity index (χ4n) is 2.93. The van der Waals surface area contributed by atoms with Crippen LogP contribution < -0.4 is 0 Å². The zero-order valence-corrected chi connectivity index (χ0v) is 16.9. The number of thiazole rings is 1. The van der Waals surface area contributed by atoms with E-state index < -0.39 is 44.2 Å². The van der Waals surface area contributed by atoms with Gasteiger partial charge in [-0.25, -0.2) is 23.4 Å². The van der Waals surface area contributed by atoms with E-state index in [1.54, 1.807) is 0 Å². The van der Waals surface area contributed by atoms with E-state index in [2.05, 4.69) is 15.0 Å². The molecule has 0 N–H and O–H groups in total. The van der Waals surface area contributed by atoms with Crippen molar-refractivity contribution in [1.82, 2.24) is 19.4 Å². The van der Waals surface area contributed by atoms with Crippen molar-refractivity contribution < 1.29 is 34.8 Å². The highest BCUT2D eigenvalue weighted by Crippen LogP contribution is 2.39. The molecule has 0 aliphatic heterocycles. The van der Waals surface area contributed by atoms with Crippen LogP contribution in [-0.2, 0) is 22.2 Å². The first-order valence-electron chi connectivity index (χ1n) is 8.48. The van der Waals surface area contributed by atoms with Crippen LogP contribution in [0.2, 0.25) is 0 Å². The summed E-state index contributed by atoms with van der Waals surface area (Å²) in [6.45, 7) is 1.25. The van der Waals surface area contributed by atoms with Gasteiger partial charge in [0.2, 0.25) is 0 Å². The van der Waals surface area contributed by atoms with Crippen LogP contribution in [0.15, 0.2) is 35.5 Å². The predicted molar refractivity (Wildman–Crippen MR) is 99.3 cm³/mol. The smallest absolute Gasteiger partial charge is 0.278 e. The molecule has 6 nitrogen and oxygen atoms in total. The number of rotatable bonds is 3. The minimum Gasteiger partial charge on any atom is -0.278 e. The predicted octanol–water partition coefficient (Wildman–Crippen LogP) is 4.84. The highest BCUT2D eigenvalue weighted by molar-refractivity contribution is 7.91. The lowest BCUT2D eigenvalue weighted by atomic mass is 10.3. The fraction of sp³-hybridized carbons (Fsp3) is 0.235. The van der Waals surface area contributed by atoms with Crippen molar-refractivity contribution in [2.75, 3.05) is 5.75 Å². The summed E-state index contributed by atoms with van der Waals surface area (Å²) in [6, 6.07) is 3.71. The zero-order valence-electron chi connectivity index (χ0n) is 15.3. The van der Waals surface area contributed by atoms with Crippen molar-refractivity contribution in [3.63, 3.8) is 0 Å². The third-order valence-electron chi connectivity index (χ3n) is 4.34. The average molecular weight is 480 g/mol. The second kappa shape index (κ2) is 6.88. The maximum Gasteiger partial charge on any atom is 0.431 e. The summed E-state index contributed by atoms with van der Waals surface area (Å²) in [5.41, 5.74) is -3.17. The Bertz CT molecular complexity index is 1420. The first-order valence-corrected chi connectivity index (χ1v) is 11.0. The van der Waals surface area contributed by atoms with Gasteiger partial charge in [0.1, 0.15) is 32.4 Å². The van der Waals surface area contributed by atoms with Crippen LogP contribution in [-0.4, -0.2) is 33.5 Å². The molecule has 164 valence electrons. The van der Waals surface area contributed by atoms with Gasteiger partial charge in [-0.15, -0.1) is 0 Å². The molecule has 0 aliphatic rings. The Kier molecular flexibility index (Phi) is 4.77. The summed E-state index contributed by atoms with van der Waals surface area (Å²) >= 11 is 0.728. The maximum atomic E-state index is 13.6. The molecule has 0 fully saturated rings. The van der Waals surface area contributed by atoms with Crippen molar-refractivity contribution in [2.24, 2.45) is 0 Å². The number of alkyl halides is 6. The zero-order chi connectivity index (χ0) is 22.8. The maximum absolute atomic E-state index is 13.6. The quantitative estimate of drug-likeness (QED) is 0.393. The van der Waals surface area contributed by atoms with Crippen molar-refractivity contribution >= 4 is 37.2 Å². The molecular weight excluding hydrogens is 470 g/mol. The minimum absolute atomic E-state index is 0.0518. The molecule has 0 bridgehead atoms. The molecule has 0 saturated carbocycles. The van der Waals surface area contributed by atoms with Gasteiger partial charge >= 0.3 is 12.4 Å². The molecule has 14 heteroatoms. The molecular formula is C17H10F6N4O2S2. The second-order valence-electron chi connectivity index (χ2n) is 6.34. The Morgan fingerprint density at radius 3 is 2.39 bits per heavy atom. The Morgan fingerprint density at radius 1 is 1.06 bits per heavy atom. The molecule has 4 aromatic rings. The number of pyridine rings is 2. The van der Waals surface area contributed by atoms with E-state index in [-0.39, 0.29) is 26.7 Å². The molecule has 0 unspecified atom stereocenters. The van der Waals surface area contributed by atoms with Crippen LogP contribution in [0.1, 0.15) is 18.2 Å². The van der Waals surface area contributed by atoms with Gasteiger partial charge < -0.3 is 0 Å². The summed E-state index contributed by atoms with van der Waals surface area (Å²) in [6.07, 6.45) is -8.96. The molecule has 0 amide bonds. The first-order chi connectivity index (χ1) is 14.3. The number of nitrogens with zero attached hydrogens (tertiary/aromatic N) is 4. The summed E-state index contributed by atoms with van der Waals surface area (Å²) in [5, 5.41) is -0.890. The van der Waals surface area contributed by atoms with E-state index in [0.717, 1.165) is 23.5 Å². The van der Waals surface area contributed by atoms with Crippen LogP contribution in [0, 0.1) is 0 Å². The monoisotopic (exact) mass is 480 g/mol. The molecule has 31 heavy (non-hydrogen) atoms. The van der Waals surface area contributed by atoms with Gasteiger partial charge in [-0.05, 0) is 18.2 Å². The molecule has 0 spiro atoms. The van der Waals surface area contributed by atoms with E-state index in [9.17, 15) is 34.8 Å². The van der Waals surface area contributed by atoms with Gasteiger partial charge in [0.05, 0.1) is 11.3 Å². The van der Waals surface area contributed by atoms with E-state index in [0.29, 0.717) is 16.7 Å². The summed E-state index contributed by atoms with van der Waals surface area (Å²) in [5.74, 6) is -0.526. The van der Waals surface area contributed by atoms with E-state index in [1.807, 2.05) is 0 Å². The molecule has 0 atom stereocenters. The third kappa shape index (κ3) is 3.63. The standard InChI is InChI=1S/C17H10F6N4O2S2/c1-2-31(28,29)15-12(26-11-5-3-4-10(27(11)15)17(21,22)23)14-25-9-6-8(16(18,19)20)7-24-13(9)30-14/h3-7H,2H2,1H3. The molecule has 0 saturated heterocycles. The van der Waals surface area contributed by atoms with Crippen LogP contribution >= 0.6 is 11.3 Å². The average Bonchev–Trinajstić information content (AvgIpc) is 3.27. The Hall–Kier alpha value is -2.74. The largest absolute Gasteiger partial charge is 0.431 e. The van der Waals surface area contributed by atoms with Gasteiger partial charge in [-0.2, -0.15) is 26.3 Å². The molecule has 4 aromatic heterocycles. The lowest BCUT2D eigenvalue weighted by Crippen LogP contribution is -2.16. The lowest BCUT2D eigenvalue weighted by Gasteiger charge is -2.12. The number of sulfone groups is 1. The molecule has 0 aliphatic carbocycles. The molecule has 0 aromatic carbocycles. The summed E-state index contributed by atoms with van der Waals surface area (Å²) < 4.78 is 105. The van der Waals surface area contributed by atoms with Crippen LogP contribution in [0.3, 0.4) is 0 Å². The van der Waals surface area contributed by atoms with E-state index in [1.165, 1.54) is 13.0 Å². The van der Waals surface area contributed by atoms with Gasteiger partial charge in [0.25, 0.3) is 0 Å². The van der Waals surface area contributed by atoms with E-state index in [4.69, 9.17) is 0 Å². The summed E-state index contributed by atoms with van der Waals surface area (Å²) in [7, 11) is -4.25. The minimum atomic E-state index is -4.88. The number of hydrogen-bond donors (Lipinski definition) is 0. The number of imidazole rings is 1. The van der Waals surface area contributed by atoms with Gasteiger partial charge in [-0.3, -0.25) is 4.40 Å². The number of fused-ring (bicyclic) bond motifs is 2. The second-order valence-corrected chi connectivity index (χ2v) is 9.51. The van der Waals surface area contributed by atoms with Gasteiger partial charge in [0, 0.05) is 6.20 Å². The number of aromatic nitrogens is 4. The highest BCUT2D eigenvalue weighted by atomic mass is 32.2. The van der Waals surface area contributed by atoms with Crippen molar-refractivity contribution in [2.45, 2.75) is 24.3 Å². The highest BCUT2D eigenvalue weighted by Gasteiger charge is 2.38. The molecule has 0 radical (unpaired) electrons. The fourth-order valence-corrected chi connectivity index (χ4v) is 5.06.